The molecule has 0 bridgehead atoms. The fraction of sp³-hybridized carbons (Fsp3) is 0.948. The minimum atomic E-state index is -4.64. The quantitative estimate of drug-likeness (QED) is 0.0195. The van der Waals surface area contributed by atoms with Crippen LogP contribution in [0, 0.1) is 0 Å². The fourth-order valence-electron chi connectivity index (χ4n) is 12.1. The van der Waals surface area contributed by atoms with Crippen molar-refractivity contribution in [3.05, 3.63) is 12.2 Å². The summed E-state index contributed by atoms with van der Waals surface area (Å²) in [6.45, 7) is 4.33. The number of carbonyl (C=O) groups excluding carboxylic acids is 2. The first-order valence-electron chi connectivity index (χ1n) is 38.9. The number of unbranched alkanes of at least 4 members (excludes halogenated alkanes) is 58. The minimum absolute atomic E-state index is 0.0254. The molecule has 0 heterocycles. The van der Waals surface area contributed by atoms with E-state index in [1.165, 1.54) is 353 Å². The second-order valence-electron chi connectivity index (χ2n) is 28.1. The summed E-state index contributed by atoms with van der Waals surface area (Å²) < 4.78 is 34.4. The molecule has 0 fully saturated rings. The van der Waals surface area contributed by atoms with Crippen LogP contribution in [0.15, 0.2) is 12.2 Å². The number of ether oxygens (including phenoxy) is 2. The summed E-state index contributed by atoms with van der Waals surface area (Å²) >= 11 is 0. The fourth-order valence-corrected chi connectivity index (χ4v) is 12.8. The third kappa shape index (κ3) is 73.7. The maximum atomic E-state index is 12.9. The number of hydrogen-bond acceptors (Lipinski definition) is 8. The Hall–Kier alpha value is -1.25. The van der Waals surface area contributed by atoms with Crippen LogP contribution in [-0.4, -0.2) is 70.0 Å². The zero-order chi connectivity index (χ0) is 63.4. The molecule has 0 saturated carbocycles. The molecule has 10 heteroatoms. The molecule has 518 valence electrons. The SMILES string of the molecule is CCCCCCCCCC/C=C\CCCCCCCCCCCCCCCCCCCCCCCCCCCCCC(=O)OC(COC(=O)CCCCCCCCCCCCCCCCCCCCCCCCCC)COP(=O)([O-])OCC[N+](C)(C)C. The second-order valence-corrected chi connectivity index (χ2v) is 29.5. The van der Waals surface area contributed by atoms with Crippen LogP contribution in [0.3, 0.4) is 0 Å². The van der Waals surface area contributed by atoms with E-state index in [2.05, 4.69) is 26.0 Å². The third-order valence-electron chi connectivity index (χ3n) is 18.0. The first kappa shape index (κ1) is 85.8. The lowest BCUT2D eigenvalue weighted by Gasteiger charge is -2.28. The highest BCUT2D eigenvalue weighted by molar-refractivity contribution is 7.45. The lowest BCUT2D eigenvalue weighted by molar-refractivity contribution is -0.870. The van der Waals surface area contributed by atoms with Gasteiger partial charge in [-0.25, -0.2) is 0 Å². The van der Waals surface area contributed by atoms with Crippen LogP contribution in [0.2, 0.25) is 0 Å². The smallest absolute Gasteiger partial charge is 0.306 e. The van der Waals surface area contributed by atoms with Gasteiger partial charge in [-0.05, 0) is 38.5 Å². The van der Waals surface area contributed by atoms with Gasteiger partial charge in [0.1, 0.15) is 19.8 Å². The number of quaternary nitrogens is 1. The van der Waals surface area contributed by atoms with Crippen LogP contribution in [0.5, 0.6) is 0 Å². The third-order valence-corrected chi connectivity index (χ3v) is 19.0. The number of phosphoric ester groups is 1. The van der Waals surface area contributed by atoms with Gasteiger partial charge in [0.15, 0.2) is 6.10 Å². The zero-order valence-corrected chi connectivity index (χ0v) is 60.2. The summed E-state index contributed by atoms with van der Waals surface area (Å²) in [5.74, 6) is -0.803. The van der Waals surface area contributed by atoms with Crippen LogP contribution in [-0.2, 0) is 32.7 Å². The summed E-state index contributed by atoms with van der Waals surface area (Å²) in [5.41, 5.74) is 0. The van der Waals surface area contributed by atoms with Gasteiger partial charge in [0.25, 0.3) is 7.82 Å². The maximum absolute atomic E-state index is 12.9. The summed E-state index contributed by atoms with van der Waals surface area (Å²) in [6.07, 6.45) is 86.2. The Balaban J connectivity index is 3.87. The van der Waals surface area contributed by atoms with Gasteiger partial charge >= 0.3 is 11.9 Å². The summed E-state index contributed by atoms with van der Waals surface area (Å²) in [7, 11) is 1.20. The monoisotopic (exact) mass is 1250 g/mol. The highest BCUT2D eigenvalue weighted by Gasteiger charge is 2.22. The van der Waals surface area contributed by atoms with E-state index in [4.69, 9.17) is 18.5 Å². The van der Waals surface area contributed by atoms with E-state index < -0.39 is 26.5 Å². The molecule has 0 saturated heterocycles. The molecular weight excluding hydrogens is 1100 g/mol. The Labute approximate surface area is 543 Å². The van der Waals surface area contributed by atoms with E-state index in [1.54, 1.807) is 0 Å². The van der Waals surface area contributed by atoms with E-state index in [9.17, 15) is 19.0 Å². The van der Waals surface area contributed by atoms with Crippen LogP contribution >= 0.6 is 7.82 Å². The predicted octanol–water partition coefficient (Wildman–Crippen LogP) is 24.8. The Bertz CT molecular complexity index is 1470. The highest BCUT2D eigenvalue weighted by atomic mass is 31.2. The van der Waals surface area contributed by atoms with Gasteiger partial charge in [0, 0.05) is 12.8 Å². The first-order chi connectivity index (χ1) is 42.5. The molecule has 0 aliphatic rings. The maximum Gasteiger partial charge on any atom is 0.306 e. The molecule has 0 radical (unpaired) electrons. The molecule has 87 heavy (non-hydrogen) atoms. The molecule has 0 aliphatic heterocycles. The van der Waals surface area contributed by atoms with Crippen molar-refractivity contribution in [1.29, 1.82) is 0 Å². The van der Waals surface area contributed by atoms with Crippen molar-refractivity contribution < 1.29 is 42.1 Å². The first-order valence-corrected chi connectivity index (χ1v) is 40.4. The molecule has 2 atom stereocenters. The molecule has 0 amide bonds. The van der Waals surface area contributed by atoms with E-state index in [1.807, 2.05) is 21.1 Å². The number of nitrogens with zero attached hydrogens (tertiary/aromatic N) is 1. The van der Waals surface area contributed by atoms with Gasteiger partial charge in [-0.3, -0.25) is 14.2 Å². The van der Waals surface area contributed by atoms with Crippen LogP contribution in [0.25, 0.3) is 0 Å². The van der Waals surface area contributed by atoms with Gasteiger partial charge in [0.2, 0.25) is 0 Å². The molecular formula is C77H152NO8P. The largest absolute Gasteiger partial charge is 0.756 e. The summed E-state index contributed by atoms with van der Waals surface area (Å²) in [6, 6.07) is 0. The average Bonchev–Trinajstić information content (AvgIpc) is 3.68. The molecule has 0 aromatic rings. The lowest BCUT2D eigenvalue weighted by atomic mass is 10.0. The number of rotatable bonds is 74. The lowest BCUT2D eigenvalue weighted by Crippen LogP contribution is -2.37. The number of allylic oxidation sites excluding steroid dienone is 2. The van der Waals surface area contributed by atoms with E-state index in [0.717, 1.165) is 32.1 Å². The Morgan fingerprint density at radius 2 is 0.586 bits per heavy atom. The predicted molar refractivity (Wildman–Crippen MR) is 375 cm³/mol. The average molecular weight is 1250 g/mol. The van der Waals surface area contributed by atoms with Gasteiger partial charge in [-0.15, -0.1) is 0 Å². The van der Waals surface area contributed by atoms with Crippen molar-refractivity contribution in [1.82, 2.24) is 0 Å². The van der Waals surface area contributed by atoms with E-state index in [0.29, 0.717) is 17.4 Å². The summed E-state index contributed by atoms with van der Waals surface area (Å²) in [4.78, 5) is 38.1. The number of hydrogen-bond donors (Lipinski definition) is 0. The number of carbonyl (C=O) groups is 2. The van der Waals surface area contributed by atoms with Crippen LogP contribution < -0.4 is 4.89 Å². The van der Waals surface area contributed by atoms with Gasteiger partial charge in [0.05, 0.1) is 27.7 Å². The van der Waals surface area contributed by atoms with Gasteiger partial charge in [-0.1, -0.05) is 379 Å². The summed E-state index contributed by atoms with van der Waals surface area (Å²) in [5, 5.41) is 0. The highest BCUT2D eigenvalue weighted by Crippen LogP contribution is 2.38. The Morgan fingerprint density at radius 3 is 0.851 bits per heavy atom. The van der Waals surface area contributed by atoms with Gasteiger partial charge < -0.3 is 27.9 Å². The van der Waals surface area contributed by atoms with E-state index in [-0.39, 0.29) is 32.0 Å². The molecule has 0 spiro atoms. The number of esters is 2. The van der Waals surface area contributed by atoms with Crippen molar-refractivity contribution >= 4 is 19.8 Å². The molecule has 9 nitrogen and oxygen atoms in total. The van der Waals surface area contributed by atoms with Crippen LogP contribution in [0.1, 0.15) is 418 Å². The second kappa shape index (κ2) is 69.1. The molecule has 0 aliphatic carbocycles. The molecule has 2 unspecified atom stereocenters. The topological polar surface area (TPSA) is 111 Å². The Kier molecular flexibility index (Phi) is 68.1. The minimum Gasteiger partial charge on any atom is -0.756 e. The number of phosphoric acid groups is 1. The van der Waals surface area contributed by atoms with Crippen LogP contribution in [0.4, 0.5) is 0 Å². The molecule has 0 rings (SSSR count). The van der Waals surface area contributed by atoms with Crippen molar-refractivity contribution in [2.75, 3.05) is 47.5 Å². The Morgan fingerprint density at radius 1 is 0.345 bits per heavy atom. The van der Waals surface area contributed by atoms with Crippen molar-refractivity contribution in [2.45, 2.75) is 424 Å². The van der Waals surface area contributed by atoms with Gasteiger partial charge in [-0.2, -0.15) is 0 Å². The zero-order valence-electron chi connectivity index (χ0n) is 59.3. The standard InChI is InChI=1S/C77H152NO8P/c1-6-8-10-12-14-16-18-20-22-24-26-28-30-32-33-34-35-36-37-38-39-40-41-42-43-44-45-46-48-50-52-54-56-58-60-62-64-66-68-70-77(80)86-75(74-85-87(81,82)84-72-71-78(3,4)5)73-83-76(79)69-67-65-63-61-59-57-55-53-51-49-47-31-29-27-25-23-21-19-17-15-13-11-9-7-2/h24,26,75H,6-23,25,27-74H2,1-5H3/b26-24-. The van der Waals surface area contributed by atoms with Crippen molar-refractivity contribution in [3.63, 3.8) is 0 Å². The normalized spacial score (nSPS) is 13.0. The van der Waals surface area contributed by atoms with Crippen molar-refractivity contribution in [3.8, 4) is 0 Å². The molecule has 0 N–H and O–H groups in total. The van der Waals surface area contributed by atoms with Crippen molar-refractivity contribution in [2.24, 2.45) is 0 Å². The molecule has 0 aromatic heterocycles. The molecule has 0 aromatic carbocycles. The number of likely N-dealkylation sites (N-methyl/N-ethyl adjacent to an activating group) is 1. The van der Waals surface area contributed by atoms with E-state index >= 15 is 0 Å².